The number of aromatic nitrogens is 2. The molecule has 0 bridgehead atoms. The first-order chi connectivity index (χ1) is 10.7. The molecule has 0 radical (unpaired) electrons. The Hall–Kier alpha value is -2.88. The van der Waals surface area contributed by atoms with Gasteiger partial charge in [-0.2, -0.15) is 0 Å². The van der Waals surface area contributed by atoms with Crippen LogP contribution < -0.4 is 11.1 Å². The predicted molar refractivity (Wildman–Crippen MR) is 90.4 cm³/mol. The monoisotopic (exact) mass is 290 g/mol. The number of hydrogen-bond acceptors (Lipinski definition) is 4. The summed E-state index contributed by atoms with van der Waals surface area (Å²) >= 11 is 0. The Labute approximate surface area is 130 Å². The van der Waals surface area contributed by atoms with Gasteiger partial charge in [0.05, 0.1) is 6.04 Å². The van der Waals surface area contributed by atoms with Crippen molar-refractivity contribution in [3.05, 3.63) is 72.6 Å². The summed E-state index contributed by atoms with van der Waals surface area (Å²) in [6.45, 7) is 2.11. The number of benzene rings is 2. The fourth-order valence-corrected chi connectivity index (χ4v) is 2.33. The van der Waals surface area contributed by atoms with Crippen molar-refractivity contribution in [2.75, 3.05) is 11.1 Å². The first-order valence-corrected chi connectivity index (χ1v) is 7.22. The highest BCUT2D eigenvalue weighted by Crippen LogP contribution is 2.27. The molecule has 0 spiro atoms. The number of nitrogens with one attached hydrogen (secondary N) is 1. The van der Waals surface area contributed by atoms with E-state index in [9.17, 15) is 0 Å². The quantitative estimate of drug-likeness (QED) is 0.715. The summed E-state index contributed by atoms with van der Waals surface area (Å²) in [5, 5.41) is 3.44. The van der Waals surface area contributed by atoms with Crippen molar-refractivity contribution in [3.63, 3.8) is 0 Å². The summed E-state index contributed by atoms with van der Waals surface area (Å²) in [6.07, 6.45) is 3.39. The molecule has 0 aliphatic rings. The zero-order chi connectivity index (χ0) is 15.4. The average Bonchev–Trinajstić information content (AvgIpc) is 2.57. The normalized spacial score (nSPS) is 11.9. The predicted octanol–water partition coefficient (Wildman–Crippen LogP) is 3.90. The van der Waals surface area contributed by atoms with E-state index in [0.29, 0.717) is 0 Å². The van der Waals surface area contributed by atoms with Gasteiger partial charge in [0, 0.05) is 23.6 Å². The number of hydrogen-bond donors (Lipinski definition) is 2. The number of rotatable bonds is 4. The van der Waals surface area contributed by atoms with Crippen molar-refractivity contribution in [2.45, 2.75) is 13.0 Å². The lowest BCUT2D eigenvalue weighted by molar-refractivity contribution is 0.872. The summed E-state index contributed by atoms with van der Waals surface area (Å²) < 4.78 is 0. The van der Waals surface area contributed by atoms with Crippen molar-refractivity contribution in [2.24, 2.45) is 0 Å². The van der Waals surface area contributed by atoms with Crippen LogP contribution in [0.4, 0.5) is 11.5 Å². The van der Waals surface area contributed by atoms with Crippen molar-refractivity contribution >= 4 is 11.5 Å². The van der Waals surface area contributed by atoms with Crippen LogP contribution in [0.15, 0.2) is 67.0 Å². The van der Waals surface area contributed by atoms with E-state index in [1.165, 1.54) is 5.56 Å². The highest BCUT2D eigenvalue weighted by Gasteiger charge is 2.11. The molecular weight excluding hydrogens is 272 g/mol. The molecule has 2 aromatic carbocycles. The van der Waals surface area contributed by atoms with Gasteiger partial charge in [-0.05, 0) is 24.6 Å². The lowest BCUT2D eigenvalue weighted by atomic mass is 10.1. The Morgan fingerprint density at radius 2 is 1.59 bits per heavy atom. The molecule has 4 nitrogen and oxygen atoms in total. The van der Waals surface area contributed by atoms with Crippen LogP contribution >= 0.6 is 0 Å². The van der Waals surface area contributed by atoms with E-state index in [0.717, 1.165) is 22.8 Å². The van der Waals surface area contributed by atoms with Crippen LogP contribution in [0.5, 0.6) is 0 Å². The van der Waals surface area contributed by atoms with Gasteiger partial charge in [0.25, 0.3) is 0 Å². The smallest absolute Gasteiger partial charge is 0.153 e. The summed E-state index contributed by atoms with van der Waals surface area (Å²) in [4.78, 5) is 8.90. The zero-order valence-corrected chi connectivity index (χ0v) is 12.4. The van der Waals surface area contributed by atoms with Crippen molar-refractivity contribution in [3.8, 4) is 11.3 Å². The van der Waals surface area contributed by atoms with Crippen molar-refractivity contribution < 1.29 is 0 Å². The minimum atomic E-state index is 0.144. The molecule has 0 aliphatic heterocycles. The van der Waals surface area contributed by atoms with Gasteiger partial charge in [-0.3, -0.25) is 4.98 Å². The molecule has 22 heavy (non-hydrogen) atoms. The van der Waals surface area contributed by atoms with Crippen molar-refractivity contribution in [1.29, 1.82) is 0 Å². The minimum Gasteiger partial charge on any atom is -0.399 e. The Kier molecular flexibility index (Phi) is 4.01. The molecule has 1 heterocycles. The van der Waals surface area contributed by atoms with Gasteiger partial charge in [-0.25, -0.2) is 4.98 Å². The maximum Gasteiger partial charge on any atom is 0.153 e. The molecule has 0 amide bonds. The first-order valence-electron chi connectivity index (χ1n) is 7.22. The molecule has 0 saturated carbocycles. The van der Waals surface area contributed by atoms with Crippen LogP contribution in [0.25, 0.3) is 11.3 Å². The van der Waals surface area contributed by atoms with E-state index in [2.05, 4.69) is 34.3 Å². The molecule has 0 unspecified atom stereocenters. The second-order valence-electron chi connectivity index (χ2n) is 5.15. The van der Waals surface area contributed by atoms with E-state index in [4.69, 9.17) is 5.73 Å². The second-order valence-corrected chi connectivity index (χ2v) is 5.15. The van der Waals surface area contributed by atoms with E-state index in [-0.39, 0.29) is 6.04 Å². The van der Waals surface area contributed by atoms with Gasteiger partial charge in [0.2, 0.25) is 0 Å². The summed E-state index contributed by atoms with van der Waals surface area (Å²) in [5.41, 5.74) is 9.50. The van der Waals surface area contributed by atoms with Crippen LogP contribution in [0.2, 0.25) is 0 Å². The third-order valence-corrected chi connectivity index (χ3v) is 3.54. The fourth-order valence-electron chi connectivity index (χ4n) is 2.33. The Morgan fingerprint density at radius 3 is 2.32 bits per heavy atom. The van der Waals surface area contributed by atoms with Crippen LogP contribution in [-0.2, 0) is 0 Å². The van der Waals surface area contributed by atoms with Gasteiger partial charge >= 0.3 is 0 Å². The Morgan fingerprint density at radius 1 is 0.909 bits per heavy atom. The fraction of sp³-hybridized carbons (Fsp3) is 0.111. The first kappa shape index (κ1) is 14.1. The summed E-state index contributed by atoms with van der Waals surface area (Å²) in [6, 6.07) is 18.1. The molecular formula is C18H18N4. The molecule has 3 rings (SSSR count). The van der Waals surface area contributed by atoms with Gasteiger partial charge in [0.15, 0.2) is 5.82 Å². The van der Waals surface area contributed by atoms with Crippen LogP contribution in [0.3, 0.4) is 0 Å². The highest BCUT2D eigenvalue weighted by atomic mass is 15.0. The summed E-state index contributed by atoms with van der Waals surface area (Å²) in [5.74, 6) is 0.767. The number of anilines is 2. The highest BCUT2D eigenvalue weighted by molar-refractivity contribution is 5.72. The molecule has 3 aromatic rings. The lowest BCUT2D eigenvalue weighted by Crippen LogP contribution is -2.09. The SMILES string of the molecule is C[C@@H](Nc1nccnc1-c1ccc(N)cc1)c1ccccc1. The molecule has 0 aliphatic carbocycles. The largest absolute Gasteiger partial charge is 0.399 e. The topological polar surface area (TPSA) is 63.8 Å². The van der Waals surface area contributed by atoms with Gasteiger partial charge in [-0.1, -0.05) is 42.5 Å². The van der Waals surface area contributed by atoms with E-state index < -0.39 is 0 Å². The average molecular weight is 290 g/mol. The number of nitrogens with zero attached hydrogens (tertiary/aromatic N) is 2. The van der Waals surface area contributed by atoms with Crippen molar-refractivity contribution in [1.82, 2.24) is 9.97 Å². The van der Waals surface area contributed by atoms with Crippen LogP contribution in [0.1, 0.15) is 18.5 Å². The van der Waals surface area contributed by atoms with Gasteiger partial charge < -0.3 is 11.1 Å². The third-order valence-electron chi connectivity index (χ3n) is 3.54. The molecule has 0 fully saturated rings. The standard InChI is InChI=1S/C18H18N4/c1-13(14-5-3-2-4-6-14)22-18-17(20-11-12-21-18)15-7-9-16(19)10-8-15/h2-13H,19H2,1H3,(H,21,22)/t13-/m1/s1. The lowest BCUT2D eigenvalue weighted by Gasteiger charge is -2.17. The zero-order valence-electron chi connectivity index (χ0n) is 12.4. The van der Waals surface area contributed by atoms with E-state index >= 15 is 0 Å². The number of nitrogen functional groups attached to an aromatic ring is 1. The molecule has 0 saturated heterocycles. The number of nitrogens with two attached hydrogens (primary N) is 1. The van der Waals surface area contributed by atoms with Gasteiger partial charge in [0.1, 0.15) is 5.69 Å². The minimum absolute atomic E-state index is 0.144. The molecule has 1 atom stereocenters. The Balaban J connectivity index is 1.90. The third kappa shape index (κ3) is 3.06. The maximum atomic E-state index is 5.75. The molecule has 110 valence electrons. The van der Waals surface area contributed by atoms with E-state index in [1.807, 2.05) is 42.5 Å². The maximum absolute atomic E-state index is 5.75. The van der Waals surface area contributed by atoms with E-state index in [1.54, 1.807) is 12.4 Å². The Bertz CT molecular complexity index is 739. The second kappa shape index (κ2) is 6.26. The summed E-state index contributed by atoms with van der Waals surface area (Å²) in [7, 11) is 0. The van der Waals surface area contributed by atoms with Crippen LogP contribution in [-0.4, -0.2) is 9.97 Å². The molecule has 4 heteroatoms. The molecule has 1 aromatic heterocycles. The van der Waals surface area contributed by atoms with Gasteiger partial charge in [-0.15, -0.1) is 0 Å². The molecule has 3 N–H and O–H groups in total. The van der Waals surface area contributed by atoms with Crippen LogP contribution in [0, 0.1) is 0 Å².